The first-order valence-electron chi connectivity index (χ1n) is 8.77. The Morgan fingerprint density at radius 2 is 2.08 bits per heavy atom. The quantitative estimate of drug-likeness (QED) is 0.826. The van der Waals surface area contributed by atoms with E-state index in [1.54, 1.807) is 6.07 Å². The van der Waals surface area contributed by atoms with E-state index < -0.39 is 6.86 Å². The summed E-state index contributed by atoms with van der Waals surface area (Å²) in [5.41, 5.74) is 4.82. The Balaban J connectivity index is 1.95. The van der Waals surface area contributed by atoms with E-state index in [9.17, 15) is 14.6 Å². The molecular weight excluding hydrogens is 321 g/mol. The summed E-state index contributed by atoms with van der Waals surface area (Å²) in [6.45, 7) is 3.27. The fraction of sp³-hybridized carbons (Fsp3) is 0.400. The first-order chi connectivity index (χ1) is 12.1. The van der Waals surface area contributed by atoms with Crippen molar-refractivity contribution in [3.63, 3.8) is 0 Å². The van der Waals surface area contributed by atoms with Crippen LogP contribution in [0.15, 0.2) is 24.3 Å². The second-order valence-electron chi connectivity index (χ2n) is 6.77. The van der Waals surface area contributed by atoms with Crippen LogP contribution in [0.3, 0.4) is 0 Å². The van der Waals surface area contributed by atoms with Gasteiger partial charge in [0.15, 0.2) is 11.5 Å². The number of nitrogens with zero attached hydrogens (tertiary/aromatic N) is 1. The molecule has 2 N–H and O–H groups in total. The summed E-state index contributed by atoms with van der Waals surface area (Å²) in [5, 5.41) is 20.4. The van der Waals surface area contributed by atoms with Crippen LogP contribution in [0.25, 0.3) is 11.1 Å². The number of aromatic hydroxyl groups is 2. The Labute approximate surface area is 146 Å². The summed E-state index contributed by atoms with van der Waals surface area (Å²) in [5.74, 6) is 0.224. The molecule has 0 aromatic heterocycles. The molecular formula is C20H22FNO3. The monoisotopic (exact) mass is 343 g/mol. The molecule has 0 saturated heterocycles. The smallest absolute Gasteiger partial charge is 0.228 e. The Morgan fingerprint density at radius 3 is 2.84 bits per heavy atom. The third-order valence-electron chi connectivity index (χ3n) is 5.34. The van der Waals surface area contributed by atoms with Crippen LogP contribution in [0.1, 0.15) is 36.1 Å². The maximum atomic E-state index is 12.7. The number of hydrogen-bond acceptors (Lipinski definition) is 4. The predicted molar refractivity (Wildman–Crippen MR) is 93.8 cm³/mol. The lowest BCUT2D eigenvalue weighted by Gasteiger charge is -2.42. The highest BCUT2D eigenvalue weighted by molar-refractivity contribution is 5.83. The fourth-order valence-electron chi connectivity index (χ4n) is 4.33. The van der Waals surface area contributed by atoms with E-state index in [1.807, 2.05) is 12.1 Å². The van der Waals surface area contributed by atoms with Crippen LogP contribution >= 0.6 is 0 Å². The van der Waals surface area contributed by atoms with E-state index in [-0.39, 0.29) is 17.5 Å². The molecule has 0 amide bonds. The number of phenols is 2. The van der Waals surface area contributed by atoms with Gasteiger partial charge in [-0.3, -0.25) is 4.90 Å². The second kappa shape index (κ2) is 6.23. The lowest BCUT2D eigenvalue weighted by Crippen LogP contribution is -2.38. The van der Waals surface area contributed by atoms with Crippen molar-refractivity contribution >= 4 is 0 Å². The van der Waals surface area contributed by atoms with E-state index in [4.69, 9.17) is 4.74 Å². The van der Waals surface area contributed by atoms with Gasteiger partial charge in [0, 0.05) is 18.2 Å². The average molecular weight is 343 g/mol. The van der Waals surface area contributed by atoms with E-state index >= 15 is 0 Å². The number of rotatable bonds is 4. The number of halogens is 1. The van der Waals surface area contributed by atoms with Gasteiger partial charge in [0.1, 0.15) is 5.75 Å². The van der Waals surface area contributed by atoms with Gasteiger partial charge in [-0.2, -0.15) is 0 Å². The van der Waals surface area contributed by atoms with Gasteiger partial charge in [0.2, 0.25) is 6.86 Å². The molecule has 0 unspecified atom stereocenters. The summed E-state index contributed by atoms with van der Waals surface area (Å²) >= 11 is 0. The zero-order valence-electron chi connectivity index (χ0n) is 14.3. The maximum Gasteiger partial charge on any atom is 0.228 e. The van der Waals surface area contributed by atoms with Gasteiger partial charge < -0.3 is 14.9 Å². The van der Waals surface area contributed by atoms with Crippen molar-refractivity contribution in [3.8, 4) is 28.4 Å². The highest BCUT2D eigenvalue weighted by atomic mass is 19.1. The normalized spacial score (nSPS) is 18.6. The molecule has 1 aliphatic heterocycles. The molecule has 4 nitrogen and oxygen atoms in total. The van der Waals surface area contributed by atoms with Crippen LogP contribution in [-0.2, 0) is 12.8 Å². The Morgan fingerprint density at radius 1 is 1.24 bits per heavy atom. The highest BCUT2D eigenvalue weighted by Gasteiger charge is 2.36. The second-order valence-corrected chi connectivity index (χ2v) is 6.77. The molecule has 4 rings (SSSR count). The maximum absolute atomic E-state index is 12.7. The van der Waals surface area contributed by atoms with E-state index in [1.165, 1.54) is 11.6 Å². The molecule has 5 heteroatoms. The molecule has 0 radical (unpaired) electrons. The minimum Gasteiger partial charge on any atom is -0.504 e. The van der Waals surface area contributed by atoms with E-state index in [0.717, 1.165) is 49.0 Å². The van der Waals surface area contributed by atoms with Crippen molar-refractivity contribution in [2.45, 2.75) is 32.2 Å². The zero-order chi connectivity index (χ0) is 17.6. The Kier molecular flexibility index (Phi) is 4.04. The molecule has 0 fully saturated rings. The highest BCUT2D eigenvalue weighted by Crippen LogP contribution is 2.51. The minimum atomic E-state index is -0.886. The van der Waals surface area contributed by atoms with Crippen LogP contribution in [0.5, 0.6) is 17.2 Å². The summed E-state index contributed by atoms with van der Waals surface area (Å²) in [6.07, 6.45) is 2.75. The number of benzene rings is 2. The number of fused-ring (bicyclic) bond motifs is 2. The molecule has 2 aromatic carbocycles. The summed E-state index contributed by atoms with van der Waals surface area (Å²) in [4.78, 5) is 2.48. The molecule has 0 spiro atoms. The van der Waals surface area contributed by atoms with Crippen LogP contribution in [-0.4, -0.2) is 35.1 Å². The minimum absolute atomic E-state index is 0.108. The van der Waals surface area contributed by atoms with E-state index in [0.29, 0.717) is 11.3 Å². The van der Waals surface area contributed by atoms with Gasteiger partial charge in [-0.1, -0.05) is 13.0 Å². The zero-order valence-corrected chi connectivity index (χ0v) is 14.3. The SMILES string of the molecule is CCCN1CCc2cc(OCF)cc3c2[C@H]1Cc1ccc(O)c(O)c1-3. The van der Waals surface area contributed by atoms with Crippen LogP contribution in [0, 0.1) is 0 Å². The Hall–Kier alpha value is -2.27. The molecule has 0 bridgehead atoms. The van der Waals surface area contributed by atoms with Gasteiger partial charge in [-0.05, 0) is 66.3 Å². The fourth-order valence-corrected chi connectivity index (χ4v) is 4.33. The van der Waals surface area contributed by atoms with Crippen molar-refractivity contribution in [1.82, 2.24) is 4.90 Å². The van der Waals surface area contributed by atoms with Gasteiger partial charge in [-0.25, -0.2) is 4.39 Å². The molecule has 0 saturated carbocycles. The largest absolute Gasteiger partial charge is 0.504 e. The summed E-state index contributed by atoms with van der Waals surface area (Å²) < 4.78 is 17.8. The van der Waals surface area contributed by atoms with Gasteiger partial charge in [-0.15, -0.1) is 0 Å². The lowest BCUT2D eigenvalue weighted by molar-refractivity contribution is 0.179. The molecule has 2 aromatic rings. The third-order valence-corrected chi connectivity index (χ3v) is 5.34. The number of hydrogen-bond donors (Lipinski definition) is 2. The molecule has 132 valence electrons. The van der Waals surface area contributed by atoms with Gasteiger partial charge in [0.25, 0.3) is 0 Å². The first-order valence-corrected chi connectivity index (χ1v) is 8.77. The van der Waals surface area contributed by atoms with Gasteiger partial charge in [0.05, 0.1) is 0 Å². The number of ether oxygens (including phenoxy) is 1. The molecule has 25 heavy (non-hydrogen) atoms. The predicted octanol–water partition coefficient (Wildman–Crippen LogP) is 3.94. The standard InChI is InChI=1S/C20H22FNO3/c1-2-6-22-7-5-13-8-14(25-11-21)10-15-18(13)16(22)9-12-3-4-17(23)20(24)19(12)15/h3-4,8,10,16,23-24H,2,5-7,9,11H2,1H3/t16-/m1/s1. The van der Waals surface area contributed by atoms with Crippen molar-refractivity contribution in [2.75, 3.05) is 20.0 Å². The van der Waals surface area contributed by atoms with Crippen LogP contribution in [0.4, 0.5) is 4.39 Å². The average Bonchev–Trinajstić information content (AvgIpc) is 2.60. The van der Waals surface area contributed by atoms with Crippen molar-refractivity contribution in [1.29, 1.82) is 0 Å². The van der Waals surface area contributed by atoms with Crippen LogP contribution in [0.2, 0.25) is 0 Å². The summed E-state index contributed by atoms with van der Waals surface area (Å²) in [7, 11) is 0. The lowest BCUT2D eigenvalue weighted by atomic mass is 9.76. The number of alkyl halides is 1. The topological polar surface area (TPSA) is 52.9 Å². The molecule has 2 aliphatic rings. The van der Waals surface area contributed by atoms with Crippen molar-refractivity contribution in [2.24, 2.45) is 0 Å². The van der Waals surface area contributed by atoms with E-state index in [2.05, 4.69) is 11.8 Å². The number of phenolic OH excluding ortho intramolecular Hbond substituents is 2. The first kappa shape index (κ1) is 16.2. The van der Waals surface area contributed by atoms with Crippen molar-refractivity contribution in [3.05, 3.63) is 41.0 Å². The van der Waals surface area contributed by atoms with Gasteiger partial charge >= 0.3 is 0 Å². The van der Waals surface area contributed by atoms with Crippen molar-refractivity contribution < 1.29 is 19.3 Å². The summed E-state index contributed by atoms with van der Waals surface area (Å²) in [6, 6.07) is 7.36. The van der Waals surface area contributed by atoms with Crippen LogP contribution < -0.4 is 4.74 Å². The molecule has 1 heterocycles. The molecule has 1 aliphatic carbocycles. The Bertz CT molecular complexity index is 821. The third kappa shape index (κ3) is 2.54. The molecule has 1 atom stereocenters.